The van der Waals surface area contributed by atoms with E-state index in [2.05, 4.69) is 0 Å². The fourth-order valence-electron chi connectivity index (χ4n) is 10.9. The molecule has 16 nitrogen and oxygen atoms in total. The predicted molar refractivity (Wildman–Crippen MR) is 225 cm³/mol. The van der Waals surface area contributed by atoms with Gasteiger partial charge < -0.3 is 43.4 Å². The smallest absolute Gasteiger partial charge is 0.413 e. The molecular weight excluding hydrogens is 919 g/mol. The quantitative estimate of drug-likeness (QED) is 0.205. The summed E-state index contributed by atoms with van der Waals surface area (Å²) < 4.78 is 43.0. The Kier molecular flexibility index (Phi) is 13.6. The molecule has 2 saturated heterocycles. The molecule has 349 valence electrons. The van der Waals surface area contributed by atoms with Gasteiger partial charge in [-0.1, -0.05) is 62.4 Å². The molecular formula is C48H59NO15Y. The van der Waals surface area contributed by atoms with Gasteiger partial charge in [0.1, 0.15) is 41.3 Å². The molecule has 7 rings (SSSR count). The third-order valence-corrected chi connectivity index (χ3v) is 14.0. The van der Waals surface area contributed by atoms with Crippen molar-refractivity contribution in [3.05, 3.63) is 82.9 Å². The second kappa shape index (κ2) is 17.5. The topological polar surface area (TPSA) is 211 Å². The summed E-state index contributed by atoms with van der Waals surface area (Å²) in [7, 11) is 0. The van der Waals surface area contributed by atoms with Crippen molar-refractivity contribution >= 4 is 35.8 Å². The number of benzene rings is 2. The van der Waals surface area contributed by atoms with Crippen LogP contribution in [0.25, 0.3) is 0 Å². The summed E-state index contributed by atoms with van der Waals surface area (Å²) in [4.78, 5) is 86.3. The minimum atomic E-state index is -2.36. The van der Waals surface area contributed by atoms with Crippen LogP contribution in [0.3, 0.4) is 0 Å². The first-order chi connectivity index (χ1) is 29.7. The minimum Gasteiger partial charge on any atom is -0.456 e. The molecule has 2 aliphatic heterocycles. The molecule has 11 atom stereocenters. The van der Waals surface area contributed by atoms with Crippen molar-refractivity contribution in [2.45, 2.75) is 154 Å². The van der Waals surface area contributed by atoms with E-state index in [0.29, 0.717) is 5.56 Å². The third kappa shape index (κ3) is 8.38. The number of ketones is 1. The molecule has 2 heterocycles. The monoisotopic (exact) mass is 978 g/mol. The number of Topliss-reactive ketones (excluding diaryl/α,β-unsaturated/α-hetero) is 1. The van der Waals surface area contributed by atoms with Gasteiger partial charge in [-0.2, -0.15) is 0 Å². The van der Waals surface area contributed by atoms with E-state index in [0.717, 1.165) is 6.92 Å². The van der Waals surface area contributed by atoms with E-state index in [1.54, 1.807) is 104 Å². The summed E-state index contributed by atoms with van der Waals surface area (Å²) in [5.74, 6) is -5.86. The second-order valence-corrected chi connectivity index (χ2v) is 19.9. The molecule has 1 unspecified atom stereocenters. The SMILES string of the molecule is CC(=O)O[C@H]1C(=O)[C@@]2(C)[C@H]([C@H](OC(=O)c3ccccc3)[C@]3(O)C[C@H](OC(=O)C4OC(C)(C)N(C(=O)OC(C)(C)C)[C@H]4c4ccccc4)C(C)=C1C3(C)C)[C@]1(OC(C)=O)CO[C@@H]1C[C@@H]2O.[Y]. The minimum absolute atomic E-state index is 0. The molecule has 3 aliphatic carbocycles. The number of nitrogens with zero attached hydrogens (tertiary/aromatic N) is 1. The molecule has 4 fully saturated rings. The largest absolute Gasteiger partial charge is 0.456 e. The van der Waals surface area contributed by atoms with Gasteiger partial charge in [0.25, 0.3) is 0 Å². The van der Waals surface area contributed by atoms with Crippen molar-refractivity contribution in [1.29, 1.82) is 0 Å². The van der Waals surface area contributed by atoms with Crippen LogP contribution in [0.4, 0.5) is 4.79 Å². The molecule has 2 aromatic carbocycles. The van der Waals surface area contributed by atoms with E-state index >= 15 is 4.79 Å². The summed E-state index contributed by atoms with van der Waals surface area (Å²) in [6, 6.07) is 15.6. The van der Waals surface area contributed by atoms with Crippen LogP contribution in [0.15, 0.2) is 71.8 Å². The molecule has 17 heteroatoms. The Morgan fingerprint density at radius 1 is 0.862 bits per heavy atom. The van der Waals surface area contributed by atoms with Gasteiger partial charge in [-0.3, -0.25) is 19.3 Å². The van der Waals surface area contributed by atoms with Gasteiger partial charge in [0, 0.05) is 64.8 Å². The molecule has 0 spiro atoms. The van der Waals surface area contributed by atoms with Gasteiger partial charge in [-0.25, -0.2) is 14.4 Å². The van der Waals surface area contributed by atoms with Crippen molar-refractivity contribution in [1.82, 2.24) is 4.90 Å². The van der Waals surface area contributed by atoms with Crippen LogP contribution in [0, 0.1) is 16.7 Å². The van der Waals surface area contributed by atoms with E-state index in [1.165, 1.54) is 30.9 Å². The number of aliphatic hydroxyl groups is 2. The Morgan fingerprint density at radius 2 is 1.46 bits per heavy atom. The van der Waals surface area contributed by atoms with Crippen molar-refractivity contribution in [3.8, 4) is 0 Å². The van der Waals surface area contributed by atoms with Gasteiger partial charge in [0.2, 0.25) is 0 Å². The van der Waals surface area contributed by atoms with Crippen LogP contribution in [-0.2, 0) is 85.0 Å². The molecule has 2 bridgehead atoms. The number of fused-ring (bicyclic) bond motifs is 5. The molecule has 5 aliphatic rings. The molecule has 0 aromatic heterocycles. The summed E-state index contributed by atoms with van der Waals surface area (Å²) in [5, 5.41) is 26.0. The number of hydrogen-bond donors (Lipinski definition) is 2. The van der Waals surface area contributed by atoms with E-state index in [9.17, 15) is 34.2 Å². The number of esters is 4. The van der Waals surface area contributed by atoms with Crippen LogP contribution in [0.1, 0.15) is 111 Å². The molecule has 1 amide bonds. The zero-order chi connectivity index (χ0) is 47.1. The maximum atomic E-state index is 15.6. The van der Waals surface area contributed by atoms with Crippen LogP contribution < -0.4 is 0 Å². The van der Waals surface area contributed by atoms with Crippen molar-refractivity contribution in [2.75, 3.05) is 6.61 Å². The summed E-state index contributed by atoms with van der Waals surface area (Å²) >= 11 is 0. The van der Waals surface area contributed by atoms with Crippen LogP contribution in [-0.4, -0.2) is 117 Å². The van der Waals surface area contributed by atoms with Gasteiger partial charge in [0.05, 0.1) is 29.6 Å². The van der Waals surface area contributed by atoms with Crippen LogP contribution in [0.2, 0.25) is 0 Å². The Balaban J connectivity index is 0.00000700. The first-order valence-electron chi connectivity index (χ1n) is 21.6. The maximum absolute atomic E-state index is 15.6. The number of amides is 1. The molecule has 2 saturated carbocycles. The number of carbonyl (C=O) groups excluding carboxylic acids is 6. The maximum Gasteiger partial charge on any atom is 0.413 e. The number of ether oxygens (including phenoxy) is 7. The standard InChI is InChI=1S/C48H59NO15.Y/c1-25-30(60-41(55)36-34(28-18-14-12-15-19-28)49(45(9,10)63-36)42(56)64-43(4,5)6)23-48(57)39(61-40(54)29-20-16-13-17-21-29)37-46(11,31(52)22-32-47(37,24-58-32)62-27(3)51)38(53)35(59-26(2)50)33(25)44(48,7)8;/h12-21,30-32,34-37,39,52,57H,22-24H2,1-11H3;/t30-,31-,32+,34-,35+,36?,37-,39-,46+,47-,48+;/m0./s1. The van der Waals surface area contributed by atoms with Gasteiger partial charge >= 0.3 is 30.0 Å². The number of aliphatic hydroxyl groups excluding tert-OH is 1. The van der Waals surface area contributed by atoms with Crippen molar-refractivity contribution in [3.63, 3.8) is 0 Å². The van der Waals surface area contributed by atoms with Crippen LogP contribution >= 0.6 is 0 Å². The molecule has 2 aromatic rings. The second-order valence-electron chi connectivity index (χ2n) is 19.9. The van der Waals surface area contributed by atoms with Gasteiger partial charge in [-0.15, -0.1) is 0 Å². The number of rotatable bonds is 7. The average Bonchev–Trinajstić information content (AvgIpc) is 3.49. The summed E-state index contributed by atoms with van der Waals surface area (Å²) in [6.45, 7) is 16.6. The van der Waals surface area contributed by atoms with E-state index in [1.807, 2.05) is 0 Å². The van der Waals surface area contributed by atoms with Crippen molar-refractivity contribution < 1.29 is 105 Å². The molecule has 1 radical (unpaired) electrons. The van der Waals surface area contributed by atoms with Gasteiger partial charge in [-0.05, 0) is 77.3 Å². The van der Waals surface area contributed by atoms with Crippen LogP contribution in [0.5, 0.6) is 0 Å². The van der Waals surface area contributed by atoms with Gasteiger partial charge in [0.15, 0.2) is 23.6 Å². The zero-order valence-corrected chi connectivity index (χ0v) is 41.6. The summed E-state index contributed by atoms with van der Waals surface area (Å²) in [5.41, 5.74) is -9.21. The Bertz CT molecular complexity index is 2260. The first kappa shape index (κ1) is 50.4. The third-order valence-electron chi connectivity index (χ3n) is 14.0. The fourth-order valence-corrected chi connectivity index (χ4v) is 10.9. The van der Waals surface area contributed by atoms with Crippen molar-refractivity contribution in [2.24, 2.45) is 16.7 Å². The Hall–Kier alpha value is -4.06. The Labute approximate surface area is 403 Å². The van der Waals surface area contributed by atoms with E-state index in [4.69, 9.17) is 33.2 Å². The van der Waals surface area contributed by atoms with E-state index in [-0.39, 0.29) is 62.4 Å². The molecule has 65 heavy (non-hydrogen) atoms. The average molecular weight is 979 g/mol. The Morgan fingerprint density at radius 3 is 2.00 bits per heavy atom. The summed E-state index contributed by atoms with van der Waals surface area (Å²) in [6.07, 6.45) is -10.5. The first-order valence-corrected chi connectivity index (χ1v) is 21.6. The normalized spacial score (nSPS) is 34.5. The number of hydrogen-bond acceptors (Lipinski definition) is 15. The predicted octanol–water partition coefficient (Wildman–Crippen LogP) is 5.31. The molecule has 2 N–H and O–H groups in total. The van der Waals surface area contributed by atoms with E-state index < -0.39 is 124 Å². The fraction of sp³-hybridized carbons (Fsp3) is 0.583. The zero-order valence-electron chi connectivity index (χ0n) is 38.7. The number of carbonyl (C=O) groups is 6.